The summed E-state index contributed by atoms with van der Waals surface area (Å²) in [5.41, 5.74) is 1.69. The minimum atomic E-state index is -1.33. The zero-order valence-electron chi connectivity index (χ0n) is 23.5. The molecule has 0 radical (unpaired) electrons. The van der Waals surface area contributed by atoms with Gasteiger partial charge >= 0.3 is 23.9 Å². The quantitative estimate of drug-likeness (QED) is 0.243. The molecule has 1 heterocycles. The van der Waals surface area contributed by atoms with Crippen molar-refractivity contribution in [1.29, 1.82) is 0 Å². The van der Waals surface area contributed by atoms with Crippen LogP contribution in [0.5, 0.6) is 0 Å². The molecule has 11 nitrogen and oxygen atoms in total. The molecule has 0 amide bonds. The number of hydrogen-bond donors (Lipinski definition) is 1. The fraction of sp³-hybridized carbons (Fsp3) is 0.400. The molecule has 1 fully saturated rings. The summed E-state index contributed by atoms with van der Waals surface area (Å²) in [7, 11) is 0. The van der Waals surface area contributed by atoms with Crippen LogP contribution in [0.15, 0.2) is 54.6 Å². The van der Waals surface area contributed by atoms with E-state index < -0.39 is 60.6 Å². The van der Waals surface area contributed by atoms with Crippen LogP contribution in [-0.4, -0.2) is 67.8 Å². The van der Waals surface area contributed by atoms with E-state index in [0.29, 0.717) is 5.02 Å². The molecule has 224 valence electrons. The highest BCUT2D eigenvalue weighted by Gasteiger charge is 2.52. The molecule has 0 aromatic heterocycles. The van der Waals surface area contributed by atoms with E-state index in [0.717, 1.165) is 32.0 Å². The molecule has 1 aliphatic rings. The summed E-state index contributed by atoms with van der Waals surface area (Å²) in [6.45, 7) is 4.09. The summed E-state index contributed by atoms with van der Waals surface area (Å²) in [4.78, 5) is 47.4. The monoisotopic (exact) mass is 601 g/mol. The molecule has 1 saturated heterocycles. The molecular weight excluding hydrogens is 570 g/mol. The van der Waals surface area contributed by atoms with Crippen LogP contribution in [0.2, 0.25) is 5.02 Å². The van der Waals surface area contributed by atoms with Crippen LogP contribution < -0.4 is 5.32 Å². The Morgan fingerprint density at radius 3 is 2.02 bits per heavy atom. The lowest BCUT2D eigenvalue weighted by molar-refractivity contribution is -0.305. The molecule has 12 heteroatoms. The molecule has 3 rings (SSSR count). The van der Waals surface area contributed by atoms with Crippen LogP contribution in [0.25, 0.3) is 0 Å². The third-order valence-electron chi connectivity index (χ3n) is 5.80. The predicted octanol–water partition coefficient (Wildman–Crippen LogP) is 3.60. The van der Waals surface area contributed by atoms with Crippen LogP contribution in [-0.2, 0) is 47.6 Å². The minimum absolute atomic E-state index is 0.195. The second-order valence-corrected chi connectivity index (χ2v) is 9.63. The van der Waals surface area contributed by atoms with Gasteiger partial charge in [-0.3, -0.25) is 19.2 Å². The second-order valence-electron chi connectivity index (χ2n) is 9.19. The summed E-state index contributed by atoms with van der Waals surface area (Å²) in [6.07, 6.45) is -6.36. The number of anilines is 1. The molecule has 2 aromatic carbocycles. The van der Waals surface area contributed by atoms with E-state index in [1.807, 2.05) is 42.5 Å². The molecule has 42 heavy (non-hydrogen) atoms. The molecule has 0 saturated carbocycles. The lowest BCUT2D eigenvalue weighted by atomic mass is 9.98. The van der Waals surface area contributed by atoms with Gasteiger partial charge < -0.3 is 33.7 Å². The average molecular weight is 602 g/mol. The molecule has 0 spiro atoms. The number of rotatable bonds is 10. The fourth-order valence-electron chi connectivity index (χ4n) is 4.15. The molecule has 1 unspecified atom stereocenters. The number of benzene rings is 2. The van der Waals surface area contributed by atoms with Gasteiger partial charge in [0.25, 0.3) is 0 Å². The SMILES string of the molecule is CC(=O)OC[C@H]1O[C@@H](OCC#CC(Nc2ccc(Cl)cc2)c2ccccc2)[C@H](OC(C)=O)[C@@H](OC(C)=O)[C@@H]1OC(C)=O. The van der Waals surface area contributed by atoms with Gasteiger partial charge in [-0.1, -0.05) is 53.8 Å². The van der Waals surface area contributed by atoms with Crippen LogP contribution in [0.1, 0.15) is 39.3 Å². The normalized spacial score (nSPS) is 22.0. The maximum atomic E-state index is 12.0. The van der Waals surface area contributed by atoms with Crippen molar-refractivity contribution in [3.8, 4) is 11.8 Å². The Morgan fingerprint density at radius 2 is 1.43 bits per heavy atom. The van der Waals surface area contributed by atoms with Crippen molar-refractivity contribution in [2.24, 2.45) is 0 Å². The zero-order chi connectivity index (χ0) is 30.6. The summed E-state index contributed by atoms with van der Waals surface area (Å²) in [5, 5.41) is 3.94. The van der Waals surface area contributed by atoms with Crippen molar-refractivity contribution in [2.45, 2.75) is 64.4 Å². The smallest absolute Gasteiger partial charge is 0.303 e. The average Bonchev–Trinajstić information content (AvgIpc) is 2.93. The predicted molar refractivity (Wildman–Crippen MR) is 150 cm³/mol. The standard InChI is InChI=1S/C30H32ClNO10/c1-18(33)38-17-26-27(39-19(2)34)28(40-20(3)35)29(41-21(4)36)30(42-26)37-16-8-11-25(22-9-6-5-7-10-22)32-24-14-12-23(31)13-15-24/h5-7,9-10,12-15,25-30,32H,16-17H2,1-4H3/t25?,26-,27-,28+,29-,30-/m1/s1. The van der Waals surface area contributed by atoms with Crippen LogP contribution in [0.3, 0.4) is 0 Å². The lowest BCUT2D eigenvalue weighted by Gasteiger charge is -2.43. The van der Waals surface area contributed by atoms with Gasteiger partial charge in [0.1, 0.15) is 25.4 Å². The summed E-state index contributed by atoms with van der Waals surface area (Å²) < 4.78 is 33.0. The van der Waals surface area contributed by atoms with Crippen molar-refractivity contribution in [3.05, 3.63) is 65.2 Å². The van der Waals surface area contributed by atoms with E-state index in [2.05, 4.69) is 17.2 Å². The summed E-state index contributed by atoms with van der Waals surface area (Å²) in [6, 6.07) is 16.3. The minimum Gasteiger partial charge on any atom is -0.463 e. The molecule has 0 bridgehead atoms. The molecule has 2 aromatic rings. The largest absolute Gasteiger partial charge is 0.463 e. The number of esters is 4. The van der Waals surface area contributed by atoms with Gasteiger partial charge in [0.05, 0.1) is 0 Å². The Hall–Kier alpha value is -4.11. The Kier molecular flexibility index (Phi) is 12.2. The Bertz CT molecular complexity index is 1290. The van der Waals surface area contributed by atoms with E-state index in [9.17, 15) is 19.2 Å². The van der Waals surface area contributed by atoms with Gasteiger partial charge in [-0.25, -0.2) is 0 Å². The van der Waals surface area contributed by atoms with Gasteiger partial charge in [-0.15, -0.1) is 0 Å². The number of carbonyl (C=O) groups excluding carboxylic acids is 4. The maximum Gasteiger partial charge on any atom is 0.303 e. The first-order chi connectivity index (χ1) is 20.0. The van der Waals surface area contributed by atoms with Crippen LogP contribution >= 0.6 is 11.6 Å². The molecular formula is C30H32ClNO10. The molecule has 0 aliphatic carbocycles. The van der Waals surface area contributed by atoms with Gasteiger partial charge in [-0.05, 0) is 29.8 Å². The third-order valence-corrected chi connectivity index (χ3v) is 6.05. The summed E-state index contributed by atoms with van der Waals surface area (Å²) in [5.74, 6) is 3.26. The van der Waals surface area contributed by atoms with E-state index in [-0.39, 0.29) is 13.2 Å². The first-order valence-electron chi connectivity index (χ1n) is 13.0. The Morgan fingerprint density at radius 1 is 0.833 bits per heavy atom. The van der Waals surface area contributed by atoms with E-state index in [1.54, 1.807) is 12.1 Å². The highest BCUT2D eigenvalue weighted by atomic mass is 35.5. The number of hydrogen-bond acceptors (Lipinski definition) is 11. The maximum absolute atomic E-state index is 12.0. The van der Waals surface area contributed by atoms with Crippen molar-refractivity contribution in [3.63, 3.8) is 0 Å². The van der Waals surface area contributed by atoms with Crippen molar-refractivity contribution >= 4 is 41.2 Å². The van der Waals surface area contributed by atoms with Gasteiger partial charge in [0.2, 0.25) is 0 Å². The van der Waals surface area contributed by atoms with Crippen molar-refractivity contribution < 1.29 is 47.6 Å². The van der Waals surface area contributed by atoms with E-state index >= 15 is 0 Å². The highest BCUT2D eigenvalue weighted by Crippen LogP contribution is 2.30. The molecule has 1 aliphatic heterocycles. The number of nitrogens with one attached hydrogen (secondary N) is 1. The third kappa shape index (κ3) is 10.1. The van der Waals surface area contributed by atoms with Gasteiger partial charge in [0, 0.05) is 38.4 Å². The highest BCUT2D eigenvalue weighted by molar-refractivity contribution is 6.30. The number of halogens is 1. The summed E-state index contributed by atoms with van der Waals surface area (Å²) >= 11 is 6.01. The lowest BCUT2D eigenvalue weighted by Crippen LogP contribution is -2.63. The molecule has 6 atom stereocenters. The topological polar surface area (TPSA) is 136 Å². The van der Waals surface area contributed by atoms with E-state index in [4.69, 9.17) is 40.0 Å². The Balaban J connectivity index is 1.85. The van der Waals surface area contributed by atoms with Gasteiger partial charge in [-0.2, -0.15) is 0 Å². The van der Waals surface area contributed by atoms with Crippen LogP contribution in [0.4, 0.5) is 5.69 Å². The van der Waals surface area contributed by atoms with Crippen LogP contribution in [0, 0.1) is 11.8 Å². The second kappa shape index (κ2) is 15.8. The first kappa shape index (κ1) is 32.4. The van der Waals surface area contributed by atoms with Crippen molar-refractivity contribution in [1.82, 2.24) is 0 Å². The van der Waals surface area contributed by atoms with Gasteiger partial charge in [0.15, 0.2) is 24.6 Å². The molecule has 1 N–H and O–H groups in total. The Labute approximate surface area is 248 Å². The number of carbonyl (C=O) groups is 4. The van der Waals surface area contributed by atoms with Crippen molar-refractivity contribution in [2.75, 3.05) is 18.5 Å². The van der Waals surface area contributed by atoms with E-state index in [1.165, 1.54) is 6.92 Å². The zero-order valence-corrected chi connectivity index (χ0v) is 24.3. The fourth-order valence-corrected chi connectivity index (χ4v) is 4.28. The number of ether oxygens (including phenoxy) is 6. The first-order valence-corrected chi connectivity index (χ1v) is 13.4.